The zero-order chi connectivity index (χ0) is 22.5. The molecule has 2 aromatic carbocycles. The van der Waals surface area contributed by atoms with Crippen LogP contribution in [0.4, 0.5) is 23.7 Å². The minimum Gasteiger partial charge on any atom is -0.336 e. The molecule has 31 heavy (non-hydrogen) atoms. The van der Waals surface area contributed by atoms with Gasteiger partial charge in [0.05, 0.1) is 11.3 Å². The number of para-hydroxylation sites is 1. The van der Waals surface area contributed by atoms with Gasteiger partial charge in [-0.05, 0) is 36.6 Å². The van der Waals surface area contributed by atoms with Crippen LogP contribution in [0.5, 0.6) is 0 Å². The summed E-state index contributed by atoms with van der Waals surface area (Å²) in [5, 5.41) is 5.36. The first kappa shape index (κ1) is 23.1. The second-order valence-corrected chi connectivity index (χ2v) is 9.34. The van der Waals surface area contributed by atoms with Crippen LogP contribution < -0.4 is 10.6 Å². The lowest BCUT2D eigenvalue weighted by Crippen LogP contribution is -2.50. The maximum absolute atomic E-state index is 13.0. The second kappa shape index (κ2) is 9.69. The molecule has 1 aliphatic heterocycles. The number of alkyl halides is 3. The Morgan fingerprint density at radius 3 is 2.52 bits per heavy atom. The third-order valence-corrected chi connectivity index (χ3v) is 6.96. The minimum atomic E-state index is -4.54. The standard InChI is InChI=1S/C21H24F3N3O3S/c22-21(23,24)17-8-6-7-16(13-17)15-31(29,30)27-12-5-4-11-19(27)14-25-20(28)26-18-9-2-1-3-10-18/h1-3,6-10,13,19H,4-5,11-12,14-15H2,(H2,25,26,28). The van der Waals surface area contributed by atoms with Crippen molar-refractivity contribution in [1.29, 1.82) is 0 Å². The fourth-order valence-corrected chi connectivity index (χ4v) is 5.39. The van der Waals surface area contributed by atoms with E-state index in [9.17, 15) is 26.4 Å². The lowest BCUT2D eigenvalue weighted by molar-refractivity contribution is -0.137. The zero-order valence-electron chi connectivity index (χ0n) is 16.7. The van der Waals surface area contributed by atoms with Crippen LogP contribution in [0.2, 0.25) is 0 Å². The molecule has 0 saturated carbocycles. The number of carbonyl (C=O) groups is 1. The molecule has 2 aromatic rings. The smallest absolute Gasteiger partial charge is 0.336 e. The van der Waals surface area contributed by atoms with Gasteiger partial charge in [0.15, 0.2) is 0 Å². The van der Waals surface area contributed by atoms with Gasteiger partial charge >= 0.3 is 12.2 Å². The molecular weight excluding hydrogens is 431 g/mol. The number of piperidine rings is 1. The van der Waals surface area contributed by atoms with E-state index in [4.69, 9.17) is 0 Å². The van der Waals surface area contributed by atoms with E-state index in [1.54, 1.807) is 24.3 Å². The van der Waals surface area contributed by atoms with E-state index in [0.29, 0.717) is 18.5 Å². The molecule has 1 fully saturated rings. The average molecular weight is 456 g/mol. The highest BCUT2D eigenvalue weighted by Gasteiger charge is 2.34. The van der Waals surface area contributed by atoms with Gasteiger partial charge in [-0.2, -0.15) is 17.5 Å². The van der Waals surface area contributed by atoms with E-state index < -0.39 is 39.6 Å². The molecule has 1 aliphatic rings. The van der Waals surface area contributed by atoms with Crippen LogP contribution in [0.25, 0.3) is 0 Å². The molecule has 1 atom stereocenters. The van der Waals surface area contributed by atoms with E-state index in [2.05, 4.69) is 10.6 Å². The summed E-state index contributed by atoms with van der Waals surface area (Å²) in [4.78, 5) is 12.1. The van der Waals surface area contributed by atoms with Gasteiger partial charge < -0.3 is 10.6 Å². The summed E-state index contributed by atoms with van der Waals surface area (Å²) in [6, 6.07) is 12.3. The van der Waals surface area contributed by atoms with E-state index in [-0.39, 0.29) is 18.7 Å². The largest absolute Gasteiger partial charge is 0.416 e. The van der Waals surface area contributed by atoms with Crippen molar-refractivity contribution in [2.24, 2.45) is 0 Å². The van der Waals surface area contributed by atoms with Crippen molar-refractivity contribution in [1.82, 2.24) is 9.62 Å². The molecule has 1 saturated heterocycles. The topological polar surface area (TPSA) is 78.5 Å². The maximum atomic E-state index is 13.0. The van der Waals surface area contributed by atoms with E-state index in [1.807, 2.05) is 6.07 Å². The second-order valence-electron chi connectivity index (χ2n) is 7.42. The highest BCUT2D eigenvalue weighted by molar-refractivity contribution is 7.88. The quantitative estimate of drug-likeness (QED) is 0.685. The van der Waals surface area contributed by atoms with Crippen LogP contribution in [0.15, 0.2) is 54.6 Å². The fraction of sp³-hybridized carbons (Fsp3) is 0.381. The lowest BCUT2D eigenvalue weighted by Gasteiger charge is -2.34. The van der Waals surface area contributed by atoms with Gasteiger partial charge in [0.25, 0.3) is 0 Å². The van der Waals surface area contributed by atoms with Gasteiger partial charge in [-0.25, -0.2) is 13.2 Å². The summed E-state index contributed by atoms with van der Waals surface area (Å²) in [5.41, 5.74) is -0.193. The third-order valence-electron chi connectivity index (χ3n) is 5.06. The number of benzene rings is 2. The first-order valence-corrected chi connectivity index (χ1v) is 11.5. The minimum absolute atomic E-state index is 0.0777. The Bertz CT molecular complexity index is 998. The van der Waals surface area contributed by atoms with Crippen LogP contribution in [0, 0.1) is 0 Å². The number of anilines is 1. The Hall–Kier alpha value is -2.59. The zero-order valence-corrected chi connectivity index (χ0v) is 17.5. The highest BCUT2D eigenvalue weighted by atomic mass is 32.2. The molecule has 1 unspecified atom stereocenters. The number of amides is 2. The monoisotopic (exact) mass is 455 g/mol. The van der Waals surface area contributed by atoms with Crippen LogP contribution >= 0.6 is 0 Å². The van der Waals surface area contributed by atoms with Crippen molar-refractivity contribution < 1.29 is 26.4 Å². The predicted molar refractivity (Wildman–Crippen MR) is 112 cm³/mol. The first-order chi connectivity index (χ1) is 14.6. The third kappa shape index (κ3) is 6.44. The Kier molecular flexibility index (Phi) is 7.22. The molecule has 2 amide bonds. The van der Waals surface area contributed by atoms with Crippen molar-refractivity contribution in [2.75, 3.05) is 18.4 Å². The number of nitrogens with zero attached hydrogens (tertiary/aromatic N) is 1. The van der Waals surface area contributed by atoms with Crippen LogP contribution in [-0.4, -0.2) is 37.9 Å². The molecule has 0 aliphatic carbocycles. The summed E-state index contributed by atoms with van der Waals surface area (Å²) in [6.45, 7) is 0.383. The Balaban J connectivity index is 1.65. The Morgan fingerprint density at radius 2 is 1.81 bits per heavy atom. The van der Waals surface area contributed by atoms with Gasteiger partial charge in [0, 0.05) is 24.8 Å². The molecule has 168 valence electrons. The summed E-state index contributed by atoms with van der Waals surface area (Å²) in [7, 11) is -3.86. The number of hydrogen-bond acceptors (Lipinski definition) is 3. The van der Waals surface area contributed by atoms with Crippen LogP contribution in [-0.2, 0) is 22.0 Å². The van der Waals surface area contributed by atoms with Gasteiger partial charge in [0.1, 0.15) is 0 Å². The molecule has 0 radical (unpaired) electrons. The summed E-state index contributed by atoms with van der Waals surface area (Å²) >= 11 is 0. The number of sulfonamides is 1. The van der Waals surface area contributed by atoms with E-state index >= 15 is 0 Å². The number of hydrogen-bond donors (Lipinski definition) is 2. The van der Waals surface area contributed by atoms with Crippen molar-refractivity contribution in [2.45, 2.75) is 37.2 Å². The molecule has 1 heterocycles. The van der Waals surface area contributed by atoms with Crippen LogP contribution in [0.1, 0.15) is 30.4 Å². The van der Waals surface area contributed by atoms with Gasteiger partial charge in [-0.1, -0.05) is 42.8 Å². The highest BCUT2D eigenvalue weighted by Crippen LogP contribution is 2.30. The summed E-state index contributed by atoms with van der Waals surface area (Å²) in [6.07, 6.45) is -2.51. The van der Waals surface area contributed by atoms with Crippen molar-refractivity contribution >= 4 is 21.7 Å². The molecule has 0 spiro atoms. The molecule has 0 bridgehead atoms. The number of carbonyl (C=O) groups excluding carboxylic acids is 1. The number of rotatable bonds is 6. The van der Waals surface area contributed by atoms with Crippen LogP contribution in [0.3, 0.4) is 0 Å². The summed E-state index contributed by atoms with van der Waals surface area (Å²) in [5.74, 6) is -0.524. The predicted octanol–water partition coefficient (Wildman–Crippen LogP) is 4.21. The normalized spacial score (nSPS) is 17.8. The van der Waals surface area contributed by atoms with E-state index in [0.717, 1.165) is 18.6 Å². The van der Waals surface area contributed by atoms with Gasteiger partial charge in [-0.15, -0.1) is 0 Å². The van der Waals surface area contributed by atoms with E-state index in [1.165, 1.54) is 16.4 Å². The number of halogens is 3. The number of urea groups is 1. The lowest BCUT2D eigenvalue weighted by atomic mass is 10.1. The summed E-state index contributed by atoms with van der Waals surface area (Å²) < 4.78 is 66.1. The number of nitrogens with one attached hydrogen (secondary N) is 2. The first-order valence-electron chi connectivity index (χ1n) is 9.91. The molecule has 3 rings (SSSR count). The van der Waals surface area contributed by atoms with Crippen molar-refractivity contribution in [3.8, 4) is 0 Å². The van der Waals surface area contributed by atoms with Gasteiger partial charge in [0.2, 0.25) is 10.0 Å². The fourth-order valence-electron chi connectivity index (χ4n) is 3.58. The Morgan fingerprint density at radius 1 is 1.06 bits per heavy atom. The molecule has 0 aromatic heterocycles. The SMILES string of the molecule is O=C(NCC1CCCCN1S(=O)(=O)Cc1cccc(C(F)(F)F)c1)Nc1ccccc1. The molecule has 10 heteroatoms. The van der Waals surface area contributed by atoms with Crippen molar-refractivity contribution in [3.63, 3.8) is 0 Å². The van der Waals surface area contributed by atoms with Crippen molar-refractivity contribution in [3.05, 3.63) is 65.7 Å². The average Bonchev–Trinajstić information content (AvgIpc) is 2.72. The molecule has 6 nitrogen and oxygen atoms in total. The Labute approximate surface area is 179 Å². The maximum Gasteiger partial charge on any atom is 0.416 e. The molecular formula is C21H24F3N3O3S. The molecule has 2 N–H and O–H groups in total. The van der Waals surface area contributed by atoms with Gasteiger partial charge in [-0.3, -0.25) is 0 Å².